The molecular weight excluding hydrogens is 1330 g/mol. The van der Waals surface area contributed by atoms with Gasteiger partial charge in [-0.2, -0.15) is 15.3 Å². The highest BCUT2D eigenvalue weighted by Gasteiger charge is 2.30. The predicted octanol–water partition coefficient (Wildman–Crippen LogP) is 20.8. The molecule has 0 aliphatic carbocycles. The zero-order valence-electron chi connectivity index (χ0n) is 74.7. The van der Waals surface area contributed by atoms with Gasteiger partial charge in [0.1, 0.15) is 5.67 Å². The Morgan fingerprint density at radius 3 is 1.11 bits per heavy atom. The van der Waals surface area contributed by atoms with Crippen molar-refractivity contribution in [1.82, 2.24) is 97.4 Å². The van der Waals surface area contributed by atoms with Gasteiger partial charge >= 0.3 is 0 Å². The molecule has 11 heterocycles. The molecule has 0 aromatic carbocycles. The average molecular weight is 1490 g/mol. The summed E-state index contributed by atoms with van der Waals surface area (Å²) < 4.78 is 31.5. The highest BCUT2D eigenvalue weighted by atomic mass is 19.1. The summed E-state index contributed by atoms with van der Waals surface area (Å²) >= 11 is 0. The first-order valence-corrected chi connectivity index (χ1v) is 39.0. The van der Waals surface area contributed by atoms with Crippen LogP contribution in [0.2, 0.25) is 0 Å². The quantitative estimate of drug-likeness (QED) is 0.162. The van der Waals surface area contributed by atoms with Crippen molar-refractivity contribution < 1.29 is 4.39 Å². The van der Waals surface area contributed by atoms with Crippen molar-refractivity contribution >= 4 is 0 Å². The molecule has 9 aromatic heterocycles. The highest BCUT2D eigenvalue weighted by molar-refractivity contribution is 5.09. The second kappa shape index (κ2) is 43.2. The Balaban J connectivity index is 0.000000589. The van der Waals surface area contributed by atoms with Crippen LogP contribution in [0.15, 0.2) is 136 Å². The normalized spacial score (nSPS) is 14.4. The molecule has 0 amide bonds. The first-order valence-electron chi connectivity index (χ1n) is 39.0. The molecule has 107 heavy (non-hydrogen) atoms. The van der Waals surface area contributed by atoms with E-state index in [4.69, 9.17) is 0 Å². The molecule has 21 heteroatoms. The first kappa shape index (κ1) is 97.8. The topological polar surface area (TPSA) is 167 Å². The van der Waals surface area contributed by atoms with E-state index in [1.165, 1.54) is 49.9 Å². The number of aromatic nitrogens is 18. The summed E-state index contributed by atoms with van der Waals surface area (Å²) in [6.07, 6.45) is 40.3. The summed E-state index contributed by atoms with van der Waals surface area (Å²) in [4.78, 5) is 13.0. The predicted molar refractivity (Wildman–Crippen MR) is 449 cm³/mol. The Kier molecular flexibility index (Phi) is 39.5. The Hall–Kier alpha value is -7.26. The lowest BCUT2D eigenvalue weighted by Crippen LogP contribution is -2.43. The number of alkyl halides is 1. The van der Waals surface area contributed by atoms with Crippen LogP contribution in [0.3, 0.4) is 0 Å². The van der Waals surface area contributed by atoms with Gasteiger partial charge in [0.05, 0.1) is 69.8 Å². The van der Waals surface area contributed by atoms with Gasteiger partial charge in [-0.1, -0.05) is 23.3 Å². The maximum absolute atomic E-state index is 13.3. The molecule has 2 aliphatic rings. The van der Waals surface area contributed by atoms with Crippen LogP contribution in [-0.4, -0.2) is 141 Å². The van der Waals surface area contributed by atoms with Gasteiger partial charge in [-0.15, -0.1) is 10.2 Å². The Bertz CT molecular complexity index is 3160. The van der Waals surface area contributed by atoms with Gasteiger partial charge in [-0.25, -0.2) is 23.7 Å². The van der Waals surface area contributed by atoms with E-state index in [1.54, 1.807) is 25.5 Å². The summed E-state index contributed by atoms with van der Waals surface area (Å²) in [5, 5.41) is 28.0. The molecule has 2 saturated heterocycles. The van der Waals surface area contributed by atoms with Crippen molar-refractivity contribution in [2.45, 2.75) is 362 Å². The fraction of sp³-hybridized carbons (Fsp3) is 0.686. The molecule has 0 bridgehead atoms. The smallest absolute Gasteiger partial charge is 0.110 e. The van der Waals surface area contributed by atoms with Crippen molar-refractivity contribution in [3.63, 3.8) is 0 Å². The van der Waals surface area contributed by atoms with Crippen LogP contribution in [0.4, 0.5) is 4.39 Å². The summed E-state index contributed by atoms with van der Waals surface area (Å²) in [5.74, 6) is 0. The third kappa shape index (κ3) is 41.8. The monoisotopic (exact) mass is 1490 g/mol. The third-order valence-corrected chi connectivity index (χ3v) is 17.1. The molecule has 0 saturated carbocycles. The van der Waals surface area contributed by atoms with E-state index < -0.39 is 5.67 Å². The van der Waals surface area contributed by atoms with Crippen molar-refractivity contribution in [3.8, 4) is 0 Å². The van der Waals surface area contributed by atoms with E-state index in [1.807, 2.05) is 118 Å². The van der Waals surface area contributed by atoms with E-state index >= 15 is 0 Å². The van der Waals surface area contributed by atoms with Crippen molar-refractivity contribution in [2.75, 3.05) is 26.2 Å². The fourth-order valence-electron chi connectivity index (χ4n) is 9.74. The summed E-state index contributed by atoms with van der Waals surface area (Å²) in [5.41, 5.74) is 6.08. The van der Waals surface area contributed by atoms with Crippen molar-refractivity contribution in [1.29, 1.82) is 0 Å². The first-order chi connectivity index (χ1) is 48.7. The zero-order valence-corrected chi connectivity index (χ0v) is 74.7. The molecular formula is C86H155FN20. The molecule has 2 fully saturated rings. The van der Waals surface area contributed by atoms with Gasteiger partial charge in [-0.05, 0) is 336 Å². The van der Waals surface area contributed by atoms with Gasteiger partial charge in [0.2, 0.25) is 0 Å². The van der Waals surface area contributed by atoms with E-state index in [9.17, 15) is 4.39 Å². The molecule has 9 aromatic rings. The minimum absolute atomic E-state index is 0.0568. The molecule has 0 radical (unpaired) electrons. The number of nitrogens with zero attached hydrogens (tertiary/aromatic N) is 20. The second-order valence-electron chi connectivity index (χ2n) is 38.2. The molecule has 0 N–H and O–H groups in total. The average Bonchev–Trinajstić information content (AvgIpc) is 1.84. The number of rotatable bonds is 2. The maximum atomic E-state index is 13.3. The lowest BCUT2D eigenvalue weighted by Gasteiger charge is -2.36. The summed E-state index contributed by atoms with van der Waals surface area (Å²) in [6, 6.07) is 11.5. The van der Waals surface area contributed by atoms with E-state index in [0.29, 0.717) is 18.9 Å². The highest BCUT2D eigenvalue weighted by Crippen LogP contribution is 2.27. The van der Waals surface area contributed by atoms with Crippen molar-refractivity contribution in [3.05, 3.63) is 164 Å². The molecule has 0 atom stereocenters. The molecule has 606 valence electrons. The molecule has 20 nitrogen and oxygen atoms in total. The van der Waals surface area contributed by atoms with E-state index in [0.717, 1.165) is 36.2 Å². The van der Waals surface area contributed by atoms with Crippen LogP contribution in [0, 0.1) is 34.6 Å². The Labute approximate surface area is 651 Å². The van der Waals surface area contributed by atoms with Gasteiger partial charge in [-0.3, -0.25) is 14.0 Å². The Morgan fingerprint density at radius 2 is 0.869 bits per heavy atom. The minimum Gasteiger partial charge on any atom is -0.349 e. The molecule has 11 rings (SSSR count). The number of halogens is 1. The SMILES string of the molecule is CC(C)(C)n1cccc1.CC(C)(C)n1cccn1.CC(C)(C)n1ccnc1.CC(C)(C)n1ccnn1.CC(C)N1CCC(C)(F)CC1.CC(C)N1CCCCCC1.Cc1ccn(C(C)(C)C)c1.Cc1ccn(C(C)(C)C)n1.Cc1cn(C(C)(C)C)cn1.Cc1cn(C(C)(C)C)nn1.Cc1cnn(C(C)(C)C)c1. The van der Waals surface area contributed by atoms with Crippen LogP contribution in [0.1, 0.15) is 288 Å². The van der Waals surface area contributed by atoms with Gasteiger partial charge in [0, 0.05) is 128 Å². The number of imidazole rings is 2. The van der Waals surface area contributed by atoms with Crippen LogP contribution < -0.4 is 0 Å². The van der Waals surface area contributed by atoms with Crippen LogP contribution >= 0.6 is 0 Å². The number of aryl methyl sites for hydroxylation is 5. The van der Waals surface area contributed by atoms with Crippen LogP contribution in [0.25, 0.3) is 0 Å². The van der Waals surface area contributed by atoms with Crippen LogP contribution in [0.5, 0.6) is 0 Å². The number of hydrogen-bond acceptors (Lipinski definition) is 11. The maximum Gasteiger partial charge on any atom is 0.110 e. The summed E-state index contributed by atoms with van der Waals surface area (Å²) in [7, 11) is 0. The van der Waals surface area contributed by atoms with Crippen LogP contribution in [-0.2, 0) is 49.9 Å². The molecule has 0 spiro atoms. The number of likely N-dealkylation sites (tertiary alicyclic amines) is 2. The minimum atomic E-state index is -0.897. The number of hydrogen-bond donors (Lipinski definition) is 0. The van der Waals surface area contributed by atoms with Gasteiger partial charge < -0.3 is 28.1 Å². The summed E-state index contributed by atoms with van der Waals surface area (Å²) in [6.45, 7) is 83.1. The second-order valence-corrected chi connectivity index (χ2v) is 38.2. The Morgan fingerprint density at radius 1 is 0.374 bits per heavy atom. The van der Waals surface area contributed by atoms with Gasteiger partial charge in [0.25, 0.3) is 0 Å². The molecule has 0 unspecified atom stereocenters. The van der Waals surface area contributed by atoms with E-state index in [-0.39, 0.29) is 49.9 Å². The fourth-order valence-corrected chi connectivity index (χ4v) is 9.74. The van der Waals surface area contributed by atoms with Gasteiger partial charge in [0.15, 0.2) is 0 Å². The lowest BCUT2D eigenvalue weighted by atomic mass is 9.95. The largest absolute Gasteiger partial charge is 0.349 e. The lowest BCUT2D eigenvalue weighted by molar-refractivity contribution is 0.0592. The molecule has 2 aliphatic heterocycles. The zero-order chi connectivity index (χ0) is 82.4. The number of piperidine rings is 1. The van der Waals surface area contributed by atoms with E-state index in [2.05, 4.69) is 346 Å². The van der Waals surface area contributed by atoms with Crippen molar-refractivity contribution in [2.24, 2.45) is 0 Å². The standard InChI is InChI=1S/C9H18FN.C9H15N.C9H19N.3C8H14N2.C8H13N.C7H13N3.2C7H12N2.C6H11N3/c1-8(2)11-6-4-9(3,10)5-7-11;1-8-5-6-10(7-8)9(2,3)4;1-9(2)10-7-5-3-4-6-8-10;1-7-5-10(6-9-7)8(2,3)4;1-7-5-9-10(6-7)8(2,3)4;1-7-5-6-10(9-7)8(2,3)4;1-8(2,3)9-6-4-5-7-9;1-6-5-10(9-8-6)7(2,3)4;1-7(2,3)9-5-4-8-6-9;1-7(2,3)9-6-4-5-8-9;1-6(2,3)9-5-4-7-8-9/h8H,4-7H2,1-3H3;5-7H,1-4H3;9H,3-8H2,1-2H3;3*5-6H,1-4H3;4-7H,1-3H3;5H,1-4H3;2*4-6H,1-3H3;4-5H,1-3H3. The third-order valence-electron chi connectivity index (χ3n) is 17.1.